The highest BCUT2D eigenvalue weighted by Crippen LogP contribution is 2.41. The summed E-state index contributed by atoms with van der Waals surface area (Å²) in [6.07, 6.45) is -12.6. The van der Waals surface area contributed by atoms with Gasteiger partial charge in [-0.05, 0) is 54.5 Å². The molecule has 2 heterocycles. The Hall–Kier alpha value is -4.87. The number of carbonyl (C=O) groups excluding carboxylic acids is 2. The monoisotopic (exact) mass is 824 g/mol. The third-order valence-electron chi connectivity index (χ3n) is 9.02. The van der Waals surface area contributed by atoms with Crippen LogP contribution in [0.5, 0.6) is 23.0 Å². The second-order valence-corrected chi connectivity index (χ2v) is 13.5. The quantitative estimate of drug-likeness (QED) is 0.0633. The summed E-state index contributed by atoms with van der Waals surface area (Å²) >= 11 is 0. The van der Waals surface area contributed by atoms with Crippen LogP contribution >= 0.6 is 0 Å². The summed E-state index contributed by atoms with van der Waals surface area (Å²) in [5.74, 6) is -3.02. The number of phenolic OH excluding ortho intramolecular Hbond substituents is 1. The van der Waals surface area contributed by atoms with E-state index < -0.39 is 111 Å². The largest absolute Gasteiger partial charge is 0.508 e. The number of ether oxygens (including phenoxy) is 8. The fourth-order valence-electron chi connectivity index (χ4n) is 5.93. The third kappa shape index (κ3) is 12.1. The molecule has 0 unspecified atom stereocenters. The van der Waals surface area contributed by atoms with Crippen LogP contribution in [-0.2, 0) is 38.1 Å². The molecule has 0 saturated carbocycles. The van der Waals surface area contributed by atoms with Crippen LogP contribution in [0.2, 0.25) is 0 Å². The number of carboxylic acid groups (broad SMARTS) is 1. The summed E-state index contributed by atoms with van der Waals surface area (Å²) in [6, 6.07) is 8.88. The zero-order chi connectivity index (χ0) is 42.7. The number of esters is 2. The van der Waals surface area contributed by atoms with E-state index in [1.54, 1.807) is 12.1 Å². The van der Waals surface area contributed by atoms with E-state index in [0.29, 0.717) is 11.1 Å². The lowest BCUT2D eigenvalue weighted by molar-refractivity contribution is -0.325. The third-order valence-corrected chi connectivity index (χ3v) is 9.02. The van der Waals surface area contributed by atoms with Gasteiger partial charge in [-0.25, -0.2) is 4.79 Å². The number of rotatable bonds is 18. The van der Waals surface area contributed by atoms with Crippen molar-refractivity contribution in [3.63, 3.8) is 0 Å². The van der Waals surface area contributed by atoms with Crippen molar-refractivity contribution in [1.82, 2.24) is 0 Å². The summed E-state index contributed by atoms with van der Waals surface area (Å²) in [4.78, 5) is 37.0. The summed E-state index contributed by atoms with van der Waals surface area (Å²) in [6.45, 7) is -0.366. The molecule has 4 rings (SSSR count). The maximum Gasteiger partial charge on any atom is 0.330 e. The van der Waals surface area contributed by atoms with Crippen molar-refractivity contribution < 1.29 is 98.2 Å². The fourth-order valence-corrected chi connectivity index (χ4v) is 5.93. The number of aromatic hydroxyl groups is 1. The van der Waals surface area contributed by atoms with Gasteiger partial charge in [0.25, 0.3) is 0 Å². The summed E-state index contributed by atoms with van der Waals surface area (Å²) in [5.41, 5.74) is -0.867. The standard InChI is InChI=1S/C38H48O20/c1-38(15-26(41)42,58-37-34(50)32(48)30(46)25(56-37)18-54-27(43)11-8-19-6-9-21(40)10-7-19)16-28(44)53-12-4-5-20-13-22(51-2)35(23(14-20)52-3)57-36-33(49)31(47)29(45)24(17-39)55-36/h4-11,13-14,24-25,29-34,36-37,39-40,45-50H,12,15-18H2,1-3H3,(H,41,42)/t24-,25-,29-,30-,31+,32+,33-,34-,36+,37+,38+/m1/s1. The van der Waals surface area contributed by atoms with Gasteiger partial charge in [0.2, 0.25) is 12.0 Å². The predicted octanol–water partition coefficient (Wildman–Crippen LogP) is -1.15. The number of phenols is 1. The predicted molar refractivity (Wildman–Crippen MR) is 195 cm³/mol. The maximum atomic E-state index is 12.9. The lowest BCUT2D eigenvalue weighted by Gasteiger charge is -2.43. The van der Waals surface area contributed by atoms with Gasteiger partial charge in [0.05, 0.1) is 39.3 Å². The Balaban J connectivity index is 1.36. The van der Waals surface area contributed by atoms with Crippen LogP contribution in [0.3, 0.4) is 0 Å². The molecule has 0 aromatic heterocycles. The van der Waals surface area contributed by atoms with Gasteiger partial charge in [-0.3, -0.25) is 9.59 Å². The lowest BCUT2D eigenvalue weighted by Crippen LogP contribution is -2.61. The number of carboxylic acids is 1. The highest BCUT2D eigenvalue weighted by Gasteiger charge is 2.48. The van der Waals surface area contributed by atoms with Gasteiger partial charge >= 0.3 is 17.9 Å². The van der Waals surface area contributed by atoms with E-state index in [4.69, 9.17) is 37.9 Å². The number of carbonyl (C=O) groups is 3. The molecule has 2 aromatic rings. The highest BCUT2D eigenvalue weighted by atomic mass is 16.7. The van der Waals surface area contributed by atoms with E-state index >= 15 is 0 Å². The first-order valence-corrected chi connectivity index (χ1v) is 17.8. The smallest absolute Gasteiger partial charge is 0.330 e. The molecule has 11 atom stereocenters. The molecule has 2 saturated heterocycles. The molecule has 0 amide bonds. The molecule has 0 aliphatic carbocycles. The Bertz CT molecular complexity index is 1720. The summed E-state index contributed by atoms with van der Waals surface area (Å²) in [5, 5.41) is 90.7. The molecule has 2 aliphatic rings. The Morgan fingerprint density at radius 2 is 1.34 bits per heavy atom. The number of hydrogen-bond acceptors (Lipinski definition) is 19. The maximum absolute atomic E-state index is 12.9. The van der Waals surface area contributed by atoms with Crippen LogP contribution in [0.4, 0.5) is 0 Å². The van der Waals surface area contributed by atoms with Gasteiger partial charge in [0.15, 0.2) is 17.8 Å². The van der Waals surface area contributed by atoms with E-state index in [1.807, 2.05) is 0 Å². The molecular weight excluding hydrogens is 776 g/mol. The van der Waals surface area contributed by atoms with Gasteiger partial charge in [0.1, 0.15) is 67.8 Å². The molecule has 9 N–H and O–H groups in total. The van der Waals surface area contributed by atoms with Gasteiger partial charge in [-0.15, -0.1) is 0 Å². The fraction of sp³-hybridized carbons (Fsp3) is 0.500. The highest BCUT2D eigenvalue weighted by molar-refractivity contribution is 5.87. The average molecular weight is 825 g/mol. The number of benzene rings is 2. The van der Waals surface area contributed by atoms with Gasteiger partial charge < -0.3 is 83.9 Å². The van der Waals surface area contributed by atoms with Crippen molar-refractivity contribution >= 4 is 30.1 Å². The van der Waals surface area contributed by atoms with Crippen molar-refractivity contribution in [1.29, 1.82) is 0 Å². The van der Waals surface area contributed by atoms with E-state index in [2.05, 4.69) is 0 Å². The Labute approximate surface area is 331 Å². The Morgan fingerprint density at radius 1 is 0.759 bits per heavy atom. The number of methoxy groups -OCH3 is 2. The van der Waals surface area contributed by atoms with Crippen LogP contribution in [0, 0.1) is 0 Å². The first-order valence-electron chi connectivity index (χ1n) is 17.8. The molecule has 2 aromatic carbocycles. The van der Waals surface area contributed by atoms with Crippen LogP contribution in [0.1, 0.15) is 30.9 Å². The van der Waals surface area contributed by atoms with Crippen molar-refractivity contribution in [3.8, 4) is 23.0 Å². The minimum Gasteiger partial charge on any atom is -0.508 e. The van der Waals surface area contributed by atoms with Crippen molar-refractivity contribution in [2.24, 2.45) is 0 Å². The molecule has 0 bridgehead atoms. The second-order valence-electron chi connectivity index (χ2n) is 13.5. The zero-order valence-corrected chi connectivity index (χ0v) is 31.6. The Kier molecular flexibility index (Phi) is 16.4. The molecule has 58 heavy (non-hydrogen) atoms. The molecule has 20 nitrogen and oxygen atoms in total. The van der Waals surface area contributed by atoms with Crippen molar-refractivity contribution in [2.45, 2.75) is 86.8 Å². The van der Waals surface area contributed by atoms with Crippen LogP contribution < -0.4 is 14.2 Å². The van der Waals surface area contributed by atoms with E-state index in [9.17, 15) is 60.3 Å². The second kappa shape index (κ2) is 20.7. The first-order chi connectivity index (χ1) is 27.5. The molecule has 320 valence electrons. The van der Waals surface area contributed by atoms with E-state index in [1.165, 1.54) is 63.6 Å². The number of hydrogen-bond donors (Lipinski definition) is 9. The topological polar surface area (TPSA) is 307 Å². The molecule has 20 heteroatoms. The Morgan fingerprint density at radius 3 is 1.93 bits per heavy atom. The summed E-state index contributed by atoms with van der Waals surface area (Å²) < 4.78 is 43.7. The number of aliphatic hydroxyl groups excluding tert-OH is 7. The van der Waals surface area contributed by atoms with Gasteiger partial charge in [-0.1, -0.05) is 18.2 Å². The normalized spacial score (nSPS) is 28.4. The van der Waals surface area contributed by atoms with Crippen molar-refractivity contribution in [3.05, 3.63) is 59.7 Å². The zero-order valence-electron chi connectivity index (χ0n) is 31.6. The van der Waals surface area contributed by atoms with Crippen LogP contribution in [0.15, 0.2) is 48.6 Å². The summed E-state index contributed by atoms with van der Waals surface area (Å²) in [7, 11) is 2.63. The van der Waals surface area contributed by atoms with E-state index in [0.717, 1.165) is 6.08 Å². The average Bonchev–Trinajstić information content (AvgIpc) is 3.18. The molecule has 0 radical (unpaired) electrons. The first kappa shape index (κ1) is 45.8. The number of aliphatic carboxylic acids is 1. The SMILES string of the molecule is COc1cc(C=CCOC(=O)C[C@](C)(CC(=O)O)O[C@@H]2O[C@H](COC(=O)C=Cc3ccc(O)cc3)[C@@H](O)[C@H](O)[C@H]2O)cc(OC)c1O[C@@H]1O[C@H](CO)[C@@H](O)[C@H](O)[C@H]1O. The van der Waals surface area contributed by atoms with E-state index in [-0.39, 0.29) is 29.6 Å². The lowest BCUT2D eigenvalue weighted by atomic mass is 9.95. The minimum absolute atomic E-state index is 0.0294. The van der Waals surface area contributed by atoms with Crippen LogP contribution in [-0.4, -0.2) is 165 Å². The molecule has 2 fully saturated rings. The minimum atomic E-state index is -1.91. The van der Waals surface area contributed by atoms with Gasteiger partial charge in [-0.2, -0.15) is 0 Å². The van der Waals surface area contributed by atoms with Crippen molar-refractivity contribution in [2.75, 3.05) is 34.0 Å². The molecular formula is C38H48O20. The van der Waals surface area contributed by atoms with Crippen LogP contribution in [0.25, 0.3) is 12.2 Å². The van der Waals surface area contributed by atoms with Gasteiger partial charge in [0, 0.05) is 6.08 Å². The molecule has 2 aliphatic heterocycles. The number of aliphatic hydroxyl groups is 7. The molecule has 0 spiro atoms.